The molecule has 0 atom stereocenters. The van der Waals surface area contributed by atoms with Crippen LogP contribution in [0.25, 0.3) is 0 Å². The summed E-state index contributed by atoms with van der Waals surface area (Å²) in [6.45, 7) is 2.95. The number of pyridine rings is 1. The van der Waals surface area contributed by atoms with Crippen molar-refractivity contribution in [1.29, 1.82) is 0 Å². The van der Waals surface area contributed by atoms with Gasteiger partial charge in [-0.3, -0.25) is 9.78 Å². The zero-order chi connectivity index (χ0) is 14.5. The van der Waals surface area contributed by atoms with Gasteiger partial charge in [-0.05, 0) is 30.2 Å². The fourth-order valence-electron chi connectivity index (χ4n) is 2.10. The van der Waals surface area contributed by atoms with Crippen molar-refractivity contribution >= 4 is 5.91 Å². The Labute approximate surface area is 119 Å². The summed E-state index contributed by atoms with van der Waals surface area (Å²) in [5.41, 5.74) is 9.28. The van der Waals surface area contributed by atoms with Crippen molar-refractivity contribution < 1.29 is 4.79 Å². The molecule has 104 valence electrons. The van der Waals surface area contributed by atoms with Crippen LogP contribution in [0.2, 0.25) is 0 Å². The van der Waals surface area contributed by atoms with E-state index in [1.54, 1.807) is 30.3 Å². The van der Waals surface area contributed by atoms with E-state index in [2.05, 4.69) is 4.98 Å². The van der Waals surface area contributed by atoms with Gasteiger partial charge in [-0.2, -0.15) is 0 Å². The maximum Gasteiger partial charge on any atom is 0.254 e. The van der Waals surface area contributed by atoms with Crippen LogP contribution in [-0.4, -0.2) is 22.8 Å². The van der Waals surface area contributed by atoms with Gasteiger partial charge < -0.3 is 10.6 Å². The fraction of sp³-hybridized carbons (Fsp3) is 0.250. The summed E-state index contributed by atoms with van der Waals surface area (Å²) in [5.74, 6) is -0.00588. The lowest BCUT2D eigenvalue weighted by Gasteiger charge is -2.18. The Morgan fingerprint density at radius 1 is 1.25 bits per heavy atom. The van der Waals surface area contributed by atoms with Gasteiger partial charge in [0.25, 0.3) is 5.91 Å². The molecule has 2 rings (SSSR count). The Morgan fingerprint density at radius 2 is 2.00 bits per heavy atom. The van der Waals surface area contributed by atoms with Gasteiger partial charge in [-0.15, -0.1) is 0 Å². The SMILES string of the molecule is Cc1cc(C(=O)N(C)Cc2cccc(CN)c2)ccn1. The topological polar surface area (TPSA) is 59.2 Å². The Bertz CT molecular complexity index is 610. The predicted octanol–water partition coefficient (Wildman–Crippen LogP) is 2.12. The van der Waals surface area contributed by atoms with E-state index in [-0.39, 0.29) is 5.91 Å². The molecule has 0 spiro atoms. The van der Waals surface area contributed by atoms with Gasteiger partial charge >= 0.3 is 0 Å². The highest BCUT2D eigenvalue weighted by Gasteiger charge is 2.12. The number of hydrogen-bond acceptors (Lipinski definition) is 3. The van der Waals surface area contributed by atoms with Crippen LogP contribution in [0.4, 0.5) is 0 Å². The molecular formula is C16H19N3O. The Hall–Kier alpha value is -2.20. The molecule has 20 heavy (non-hydrogen) atoms. The number of aromatic nitrogens is 1. The highest BCUT2D eigenvalue weighted by atomic mass is 16.2. The molecular weight excluding hydrogens is 250 g/mol. The quantitative estimate of drug-likeness (QED) is 0.925. The Kier molecular flexibility index (Phi) is 4.48. The minimum absolute atomic E-state index is 0.00588. The van der Waals surface area contributed by atoms with Crippen LogP contribution in [0.15, 0.2) is 42.6 Å². The number of rotatable bonds is 4. The summed E-state index contributed by atoms with van der Waals surface area (Å²) in [6.07, 6.45) is 1.66. The third-order valence-corrected chi connectivity index (χ3v) is 3.14. The van der Waals surface area contributed by atoms with Crippen molar-refractivity contribution in [2.75, 3.05) is 7.05 Å². The first-order valence-electron chi connectivity index (χ1n) is 6.56. The molecule has 0 aliphatic heterocycles. The van der Waals surface area contributed by atoms with Crippen LogP contribution in [0.1, 0.15) is 27.2 Å². The van der Waals surface area contributed by atoms with Crippen molar-refractivity contribution in [1.82, 2.24) is 9.88 Å². The molecule has 1 heterocycles. The van der Waals surface area contributed by atoms with Gasteiger partial charge in [0.1, 0.15) is 0 Å². The molecule has 4 nitrogen and oxygen atoms in total. The maximum absolute atomic E-state index is 12.3. The first-order valence-corrected chi connectivity index (χ1v) is 6.56. The molecule has 1 aromatic carbocycles. The second-order valence-corrected chi connectivity index (χ2v) is 4.87. The fourth-order valence-corrected chi connectivity index (χ4v) is 2.10. The number of hydrogen-bond donors (Lipinski definition) is 1. The standard InChI is InChI=1S/C16H19N3O/c1-12-8-15(6-7-18-12)16(20)19(2)11-14-5-3-4-13(9-14)10-17/h3-9H,10-11,17H2,1-2H3. The average molecular weight is 269 g/mol. The van der Waals surface area contributed by atoms with E-state index in [1.807, 2.05) is 31.2 Å². The molecule has 0 unspecified atom stereocenters. The smallest absolute Gasteiger partial charge is 0.254 e. The average Bonchev–Trinajstić information content (AvgIpc) is 2.46. The first-order chi connectivity index (χ1) is 9.60. The molecule has 1 amide bonds. The molecule has 0 radical (unpaired) electrons. The summed E-state index contributed by atoms with van der Waals surface area (Å²) < 4.78 is 0. The molecule has 0 fully saturated rings. The lowest BCUT2D eigenvalue weighted by Crippen LogP contribution is -2.26. The molecule has 0 aliphatic rings. The predicted molar refractivity (Wildman–Crippen MR) is 79.1 cm³/mol. The number of benzene rings is 1. The van der Waals surface area contributed by atoms with E-state index in [4.69, 9.17) is 5.73 Å². The van der Waals surface area contributed by atoms with Gasteiger partial charge in [-0.1, -0.05) is 24.3 Å². The lowest BCUT2D eigenvalue weighted by atomic mass is 10.1. The van der Waals surface area contributed by atoms with E-state index in [0.29, 0.717) is 18.7 Å². The second-order valence-electron chi connectivity index (χ2n) is 4.87. The number of carbonyl (C=O) groups is 1. The van der Waals surface area contributed by atoms with Crippen molar-refractivity contribution in [3.8, 4) is 0 Å². The summed E-state index contributed by atoms with van der Waals surface area (Å²) in [5, 5.41) is 0. The molecule has 2 aromatic rings. The zero-order valence-electron chi connectivity index (χ0n) is 11.8. The van der Waals surface area contributed by atoms with Gasteiger partial charge in [0.05, 0.1) is 0 Å². The minimum atomic E-state index is -0.00588. The monoisotopic (exact) mass is 269 g/mol. The molecule has 2 N–H and O–H groups in total. The molecule has 0 saturated heterocycles. The van der Waals surface area contributed by atoms with Crippen molar-refractivity contribution in [2.24, 2.45) is 5.73 Å². The van der Waals surface area contributed by atoms with Crippen LogP contribution in [-0.2, 0) is 13.1 Å². The molecule has 0 aliphatic carbocycles. The Morgan fingerprint density at radius 3 is 2.70 bits per heavy atom. The third-order valence-electron chi connectivity index (χ3n) is 3.14. The minimum Gasteiger partial charge on any atom is -0.337 e. The van der Waals surface area contributed by atoms with Crippen molar-refractivity contribution in [2.45, 2.75) is 20.0 Å². The summed E-state index contributed by atoms with van der Waals surface area (Å²) in [7, 11) is 1.80. The molecule has 0 saturated carbocycles. The number of aryl methyl sites for hydroxylation is 1. The van der Waals surface area contributed by atoms with Crippen LogP contribution in [0.3, 0.4) is 0 Å². The van der Waals surface area contributed by atoms with E-state index >= 15 is 0 Å². The highest BCUT2D eigenvalue weighted by molar-refractivity contribution is 5.94. The van der Waals surface area contributed by atoms with Crippen LogP contribution in [0.5, 0.6) is 0 Å². The van der Waals surface area contributed by atoms with Gasteiger partial charge in [0.15, 0.2) is 0 Å². The van der Waals surface area contributed by atoms with Gasteiger partial charge in [-0.25, -0.2) is 0 Å². The summed E-state index contributed by atoms with van der Waals surface area (Å²) >= 11 is 0. The second kappa shape index (κ2) is 6.30. The number of nitrogens with zero attached hydrogens (tertiary/aromatic N) is 2. The number of carbonyl (C=O) groups excluding carboxylic acids is 1. The van der Waals surface area contributed by atoms with E-state index in [1.165, 1.54) is 0 Å². The molecule has 1 aromatic heterocycles. The van der Waals surface area contributed by atoms with E-state index in [0.717, 1.165) is 16.8 Å². The first kappa shape index (κ1) is 14.2. The van der Waals surface area contributed by atoms with E-state index in [9.17, 15) is 4.79 Å². The molecule has 4 heteroatoms. The number of amides is 1. The summed E-state index contributed by atoms with van der Waals surface area (Å²) in [4.78, 5) is 18.1. The van der Waals surface area contributed by atoms with E-state index < -0.39 is 0 Å². The normalized spacial score (nSPS) is 10.3. The zero-order valence-corrected chi connectivity index (χ0v) is 11.8. The number of nitrogens with two attached hydrogens (primary N) is 1. The lowest BCUT2D eigenvalue weighted by molar-refractivity contribution is 0.0785. The maximum atomic E-state index is 12.3. The largest absolute Gasteiger partial charge is 0.337 e. The summed E-state index contributed by atoms with van der Waals surface area (Å²) in [6, 6.07) is 11.5. The van der Waals surface area contributed by atoms with Crippen molar-refractivity contribution in [3.05, 3.63) is 65.0 Å². The molecule has 0 bridgehead atoms. The van der Waals surface area contributed by atoms with Gasteiger partial charge in [0.2, 0.25) is 0 Å². The van der Waals surface area contributed by atoms with Crippen LogP contribution < -0.4 is 5.73 Å². The third kappa shape index (κ3) is 3.42. The van der Waals surface area contributed by atoms with Crippen molar-refractivity contribution in [3.63, 3.8) is 0 Å². The van der Waals surface area contributed by atoms with Crippen LogP contribution >= 0.6 is 0 Å². The van der Waals surface area contributed by atoms with Gasteiger partial charge in [0, 0.05) is 37.6 Å². The highest BCUT2D eigenvalue weighted by Crippen LogP contribution is 2.10. The Balaban J connectivity index is 2.11. The van der Waals surface area contributed by atoms with Crippen LogP contribution in [0, 0.1) is 6.92 Å².